The van der Waals surface area contributed by atoms with E-state index in [4.69, 9.17) is 14.6 Å². The molecular formula is C30H28O8. The summed E-state index contributed by atoms with van der Waals surface area (Å²) in [4.78, 5) is 23.4. The summed E-state index contributed by atoms with van der Waals surface area (Å²) in [6.07, 6.45) is 7.28. The number of aromatic hydroxyl groups is 3. The molecule has 0 radical (unpaired) electrons. The molecule has 0 saturated carbocycles. The zero-order chi connectivity index (χ0) is 27.7. The van der Waals surface area contributed by atoms with E-state index in [0.29, 0.717) is 22.6 Å². The fourth-order valence-electron chi connectivity index (χ4n) is 3.47. The number of allylic oxidation sites excluding steroid dienone is 2. The van der Waals surface area contributed by atoms with Gasteiger partial charge in [-0.2, -0.15) is 0 Å². The first kappa shape index (κ1) is 27.6. The summed E-state index contributed by atoms with van der Waals surface area (Å²) < 4.78 is 11.2. The van der Waals surface area contributed by atoms with E-state index >= 15 is 0 Å². The van der Waals surface area contributed by atoms with Crippen molar-refractivity contribution in [3.63, 3.8) is 0 Å². The average Bonchev–Trinajstić information content (AvgIpc) is 2.90. The number of carbonyl (C=O) groups is 2. The van der Waals surface area contributed by atoms with E-state index in [2.05, 4.69) is 0 Å². The molecule has 0 unspecified atom stereocenters. The van der Waals surface area contributed by atoms with Crippen molar-refractivity contribution in [2.45, 2.75) is 13.3 Å². The predicted molar refractivity (Wildman–Crippen MR) is 144 cm³/mol. The molecule has 0 heterocycles. The number of carboxylic acids is 1. The van der Waals surface area contributed by atoms with Crippen LogP contribution in [0.2, 0.25) is 0 Å². The van der Waals surface area contributed by atoms with Gasteiger partial charge >= 0.3 is 5.97 Å². The van der Waals surface area contributed by atoms with Crippen molar-refractivity contribution >= 4 is 23.9 Å². The Kier molecular flexibility index (Phi) is 9.31. The van der Waals surface area contributed by atoms with Crippen LogP contribution in [0.15, 0.2) is 78.4 Å². The lowest BCUT2D eigenvalue weighted by Crippen LogP contribution is -2.02. The molecule has 0 aliphatic rings. The molecule has 0 bridgehead atoms. The number of carbonyl (C=O) groups excluding carboxylic acids is 1. The summed E-state index contributed by atoms with van der Waals surface area (Å²) in [6, 6.07) is 14.1. The minimum Gasteiger partial charge on any atom is -0.508 e. The monoisotopic (exact) mass is 516 g/mol. The molecule has 3 aromatic rings. The lowest BCUT2D eigenvalue weighted by molar-refractivity contribution is -0.131. The van der Waals surface area contributed by atoms with Gasteiger partial charge in [-0.3, -0.25) is 4.79 Å². The van der Waals surface area contributed by atoms with Crippen LogP contribution in [0.4, 0.5) is 0 Å². The van der Waals surface area contributed by atoms with Crippen LogP contribution >= 0.6 is 0 Å². The van der Waals surface area contributed by atoms with Crippen LogP contribution in [-0.2, 0) is 11.2 Å². The Morgan fingerprint density at radius 3 is 2.24 bits per heavy atom. The van der Waals surface area contributed by atoms with Gasteiger partial charge in [0.05, 0.1) is 12.7 Å². The summed E-state index contributed by atoms with van der Waals surface area (Å²) in [7, 11) is 1.48. The van der Waals surface area contributed by atoms with E-state index in [-0.39, 0.29) is 41.4 Å². The summed E-state index contributed by atoms with van der Waals surface area (Å²) in [5, 5.41) is 39.1. The Bertz CT molecular complexity index is 1400. The van der Waals surface area contributed by atoms with Gasteiger partial charge in [-0.1, -0.05) is 30.4 Å². The number of carboxylic acid groups (broad SMARTS) is 1. The highest BCUT2D eigenvalue weighted by atomic mass is 16.5. The number of ketones is 1. The molecule has 38 heavy (non-hydrogen) atoms. The van der Waals surface area contributed by atoms with Gasteiger partial charge in [-0.05, 0) is 78.6 Å². The van der Waals surface area contributed by atoms with Crippen LogP contribution in [-0.4, -0.2) is 45.9 Å². The first-order valence-electron chi connectivity index (χ1n) is 11.6. The van der Waals surface area contributed by atoms with E-state index in [1.165, 1.54) is 43.5 Å². The highest BCUT2D eigenvalue weighted by Gasteiger charge is 2.16. The summed E-state index contributed by atoms with van der Waals surface area (Å²) >= 11 is 0. The zero-order valence-electron chi connectivity index (χ0n) is 20.9. The fraction of sp³-hybridized carbons (Fsp3) is 0.133. The lowest BCUT2D eigenvalue weighted by Gasteiger charge is -2.12. The van der Waals surface area contributed by atoms with Gasteiger partial charge in [0.25, 0.3) is 0 Å². The molecule has 8 nitrogen and oxygen atoms in total. The average molecular weight is 517 g/mol. The van der Waals surface area contributed by atoms with Crippen molar-refractivity contribution in [2.24, 2.45) is 0 Å². The van der Waals surface area contributed by atoms with Crippen molar-refractivity contribution in [1.82, 2.24) is 0 Å². The van der Waals surface area contributed by atoms with Crippen molar-refractivity contribution in [3.05, 3.63) is 101 Å². The highest BCUT2D eigenvalue weighted by molar-refractivity contribution is 6.09. The minimum atomic E-state index is -1.05. The number of aliphatic carboxylic acids is 1. The molecule has 3 aromatic carbocycles. The smallest absolute Gasteiger partial charge is 0.328 e. The number of hydrogen-bond donors (Lipinski definition) is 4. The van der Waals surface area contributed by atoms with Crippen molar-refractivity contribution < 1.29 is 39.5 Å². The Balaban J connectivity index is 1.69. The van der Waals surface area contributed by atoms with Crippen molar-refractivity contribution in [3.8, 4) is 28.7 Å². The second-order valence-corrected chi connectivity index (χ2v) is 8.37. The number of phenols is 3. The first-order chi connectivity index (χ1) is 18.2. The fourth-order valence-corrected chi connectivity index (χ4v) is 3.47. The van der Waals surface area contributed by atoms with Gasteiger partial charge in [0, 0.05) is 11.6 Å². The van der Waals surface area contributed by atoms with Crippen LogP contribution in [0.1, 0.15) is 34.0 Å². The first-order valence-corrected chi connectivity index (χ1v) is 11.6. The number of ether oxygens (including phenoxy) is 2. The molecule has 0 aromatic heterocycles. The SMILES string of the molecule is COc1cc(/C=C/C(=O)O)ccc1OC/C(C)=C/Cc1c(O)ccc(C(=O)/C=C/c2ccc(O)cc2)c1O. The number of methoxy groups -OCH3 is 1. The number of benzene rings is 3. The van der Waals surface area contributed by atoms with Crippen LogP contribution < -0.4 is 9.47 Å². The Morgan fingerprint density at radius 1 is 0.868 bits per heavy atom. The van der Waals surface area contributed by atoms with Crippen LogP contribution in [0.5, 0.6) is 28.7 Å². The highest BCUT2D eigenvalue weighted by Crippen LogP contribution is 2.33. The molecule has 3 rings (SSSR count). The molecule has 196 valence electrons. The molecule has 0 saturated heterocycles. The zero-order valence-corrected chi connectivity index (χ0v) is 20.9. The third-order valence-corrected chi connectivity index (χ3v) is 5.56. The number of rotatable bonds is 11. The molecule has 0 aliphatic heterocycles. The van der Waals surface area contributed by atoms with Crippen molar-refractivity contribution in [2.75, 3.05) is 13.7 Å². The number of hydrogen-bond acceptors (Lipinski definition) is 7. The third kappa shape index (κ3) is 7.51. The molecule has 4 N–H and O–H groups in total. The van der Waals surface area contributed by atoms with Gasteiger partial charge in [0.2, 0.25) is 0 Å². The van der Waals surface area contributed by atoms with E-state index in [1.54, 1.807) is 42.5 Å². The van der Waals surface area contributed by atoms with Gasteiger partial charge in [0.15, 0.2) is 17.3 Å². The predicted octanol–water partition coefficient (Wildman–Crippen LogP) is 5.37. The topological polar surface area (TPSA) is 134 Å². The number of phenolic OH excluding ortho intramolecular Hbond substituents is 3. The van der Waals surface area contributed by atoms with E-state index in [1.807, 2.05) is 6.92 Å². The summed E-state index contributed by atoms with van der Waals surface area (Å²) in [5.41, 5.74) is 2.40. The normalized spacial score (nSPS) is 11.7. The second-order valence-electron chi connectivity index (χ2n) is 8.37. The van der Waals surface area contributed by atoms with Gasteiger partial charge < -0.3 is 29.9 Å². The molecule has 0 fully saturated rings. The van der Waals surface area contributed by atoms with E-state index in [9.17, 15) is 24.9 Å². The second kappa shape index (κ2) is 12.8. The lowest BCUT2D eigenvalue weighted by atomic mass is 10.0. The summed E-state index contributed by atoms with van der Waals surface area (Å²) in [5.74, 6) is -0.915. The maximum Gasteiger partial charge on any atom is 0.328 e. The Hall–Kier alpha value is -4.98. The summed E-state index contributed by atoms with van der Waals surface area (Å²) in [6.45, 7) is 2.01. The van der Waals surface area contributed by atoms with Gasteiger partial charge in [-0.25, -0.2) is 4.79 Å². The molecule has 8 heteroatoms. The van der Waals surface area contributed by atoms with Crippen molar-refractivity contribution in [1.29, 1.82) is 0 Å². The maximum absolute atomic E-state index is 12.7. The largest absolute Gasteiger partial charge is 0.508 e. The quantitative estimate of drug-likeness (QED) is 0.152. The van der Waals surface area contributed by atoms with Crippen LogP contribution in [0, 0.1) is 0 Å². The molecule has 0 aliphatic carbocycles. The van der Waals surface area contributed by atoms with Gasteiger partial charge in [0.1, 0.15) is 23.9 Å². The Morgan fingerprint density at radius 2 is 1.55 bits per heavy atom. The van der Waals surface area contributed by atoms with Crippen LogP contribution in [0.25, 0.3) is 12.2 Å². The van der Waals surface area contributed by atoms with Gasteiger partial charge in [-0.15, -0.1) is 0 Å². The standard InChI is InChI=1S/C30H28O8/c1-19(18-38-27-15-7-21(8-16-29(34)35)17-28(27)37-2)3-11-23-26(33)14-12-24(30(23)36)25(32)13-6-20-4-9-22(31)10-5-20/h3-10,12-17,31,33,36H,11,18H2,1-2H3,(H,34,35)/b13-6+,16-8+,19-3+. The molecule has 0 amide bonds. The Labute approximate surface area is 220 Å². The molecular weight excluding hydrogens is 488 g/mol. The van der Waals surface area contributed by atoms with Crippen LogP contribution in [0.3, 0.4) is 0 Å². The van der Waals surface area contributed by atoms with E-state index < -0.39 is 11.8 Å². The molecule has 0 spiro atoms. The van der Waals surface area contributed by atoms with E-state index in [0.717, 1.165) is 11.6 Å². The minimum absolute atomic E-state index is 0.0527. The molecule has 0 atom stereocenters. The third-order valence-electron chi connectivity index (χ3n) is 5.56. The maximum atomic E-state index is 12.7.